The molecule has 0 saturated heterocycles. The zero-order valence-electron chi connectivity index (χ0n) is 20.5. The molecule has 3 N–H and O–H groups in total. The number of aliphatic imine (C=N–C) groups is 1. The topological polar surface area (TPSA) is 111 Å². The molecule has 7 nitrogen and oxygen atoms in total. The summed E-state index contributed by atoms with van der Waals surface area (Å²) in [5.41, 5.74) is 10.8. The van der Waals surface area contributed by atoms with Crippen molar-refractivity contribution in [1.29, 1.82) is 0 Å². The molecule has 1 aliphatic heterocycles. The second-order valence-corrected chi connectivity index (χ2v) is 11.5. The molecule has 0 radical (unpaired) electrons. The van der Waals surface area contributed by atoms with Gasteiger partial charge in [0.2, 0.25) is 5.88 Å². The van der Waals surface area contributed by atoms with Crippen molar-refractivity contribution >= 4 is 23.2 Å². The number of rotatable bonds is 3. The smallest absolute Gasteiger partial charge is 0.303 e. The van der Waals surface area contributed by atoms with E-state index >= 15 is 0 Å². The van der Waals surface area contributed by atoms with E-state index in [9.17, 15) is 9.90 Å². The average Bonchev–Trinajstić information content (AvgIpc) is 2.77. The van der Waals surface area contributed by atoms with E-state index in [0.29, 0.717) is 23.3 Å². The molecule has 34 heavy (non-hydrogen) atoms. The molecule has 2 aliphatic carbocycles. The second kappa shape index (κ2) is 7.79. The number of carboxylic acid groups (broad SMARTS) is 1. The van der Waals surface area contributed by atoms with Gasteiger partial charge in [0, 0.05) is 12.0 Å². The standard InChI is InChI=1S/C27H34N4O3/c1-25(2)11-12-27(9-7-16(8-10-27)13-20(32)33)18-6-5-17(14-19(18)25)22-26(3,4)34-24-21(31-22)23(28)29-15-30-24/h5-6,14-16H,7-13H2,1-4H3,(H,32,33)(H2,28,29,30). The molecule has 1 aromatic heterocycles. The number of carbonyl (C=O) groups is 1. The molecule has 0 atom stereocenters. The third kappa shape index (κ3) is 3.75. The molecule has 1 spiro atoms. The van der Waals surface area contributed by atoms with Crippen LogP contribution in [0.1, 0.15) is 89.3 Å². The SMILES string of the molecule is CC1(C)Oc2ncnc(N)c2N=C1c1ccc2c(c1)C(C)(C)CCC21CCC(CC(=O)O)CC1. The first-order valence-electron chi connectivity index (χ1n) is 12.3. The van der Waals surface area contributed by atoms with Gasteiger partial charge < -0.3 is 15.6 Å². The fourth-order valence-electron chi connectivity index (χ4n) is 6.24. The summed E-state index contributed by atoms with van der Waals surface area (Å²) in [4.78, 5) is 24.4. The van der Waals surface area contributed by atoms with Gasteiger partial charge in [-0.3, -0.25) is 4.79 Å². The largest absolute Gasteiger partial charge is 0.481 e. The summed E-state index contributed by atoms with van der Waals surface area (Å²) >= 11 is 0. The van der Waals surface area contributed by atoms with Gasteiger partial charge in [0.1, 0.15) is 11.9 Å². The normalized spacial score (nSPS) is 26.7. The number of anilines is 1. The van der Waals surface area contributed by atoms with Crippen LogP contribution in [0.3, 0.4) is 0 Å². The Morgan fingerprint density at radius 1 is 1.09 bits per heavy atom. The number of fused-ring (bicyclic) bond motifs is 3. The van der Waals surface area contributed by atoms with Gasteiger partial charge in [-0.15, -0.1) is 0 Å². The Morgan fingerprint density at radius 2 is 1.82 bits per heavy atom. The van der Waals surface area contributed by atoms with Crippen LogP contribution in [0.4, 0.5) is 11.5 Å². The molecule has 2 heterocycles. The van der Waals surface area contributed by atoms with Gasteiger partial charge in [0.05, 0.1) is 5.71 Å². The van der Waals surface area contributed by atoms with Crippen molar-refractivity contribution < 1.29 is 14.6 Å². The zero-order valence-corrected chi connectivity index (χ0v) is 20.5. The zero-order chi connectivity index (χ0) is 24.3. The van der Waals surface area contributed by atoms with Crippen LogP contribution in [-0.4, -0.2) is 32.4 Å². The highest BCUT2D eigenvalue weighted by atomic mass is 16.5. The molecule has 1 saturated carbocycles. The molecule has 7 heteroatoms. The number of carboxylic acids is 1. The lowest BCUT2D eigenvalue weighted by molar-refractivity contribution is -0.138. The third-order valence-corrected chi connectivity index (χ3v) is 8.31. The number of aromatic nitrogens is 2. The first-order valence-corrected chi connectivity index (χ1v) is 12.3. The summed E-state index contributed by atoms with van der Waals surface area (Å²) in [5.74, 6) is 0.342. The van der Waals surface area contributed by atoms with Gasteiger partial charge in [-0.1, -0.05) is 26.0 Å². The van der Waals surface area contributed by atoms with Gasteiger partial charge in [-0.2, -0.15) is 4.98 Å². The number of nitrogen functional groups attached to an aromatic ring is 1. The van der Waals surface area contributed by atoms with Crippen molar-refractivity contribution in [1.82, 2.24) is 9.97 Å². The van der Waals surface area contributed by atoms with Crippen molar-refractivity contribution in [2.75, 3.05) is 5.73 Å². The number of aliphatic carboxylic acids is 1. The third-order valence-electron chi connectivity index (χ3n) is 8.31. The van der Waals surface area contributed by atoms with Crippen molar-refractivity contribution in [2.45, 2.75) is 89.1 Å². The van der Waals surface area contributed by atoms with Gasteiger partial charge in [-0.05, 0) is 86.3 Å². The lowest BCUT2D eigenvalue weighted by Crippen LogP contribution is -2.43. The Labute approximate surface area is 200 Å². The Morgan fingerprint density at radius 3 is 2.53 bits per heavy atom. The summed E-state index contributed by atoms with van der Waals surface area (Å²) < 4.78 is 6.21. The molecule has 0 amide bonds. The van der Waals surface area contributed by atoms with Crippen LogP contribution in [-0.2, 0) is 15.6 Å². The summed E-state index contributed by atoms with van der Waals surface area (Å²) in [5, 5.41) is 9.23. The minimum Gasteiger partial charge on any atom is -0.481 e. The van der Waals surface area contributed by atoms with E-state index in [1.807, 2.05) is 13.8 Å². The van der Waals surface area contributed by atoms with Gasteiger partial charge in [-0.25, -0.2) is 9.98 Å². The van der Waals surface area contributed by atoms with E-state index in [-0.39, 0.29) is 17.3 Å². The summed E-state index contributed by atoms with van der Waals surface area (Å²) in [7, 11) is 0. The Bertz CT molecular complexity index is 1180. The summed E-state index contributed by atoms with van der Waals surface area (Å²) in [6, 6.07) is 6.76. The first kappa shape index (κ1) is 22.8. The molecule has 0 bridgehead atoms. The number of hydrogen-bond acceptors (Lipinski definition) is 6. The lowest BCUT2D eigenvalue weighted by Gasteiger charge is -2.49. The molecule has 2 aromatic rings. The average molecular weight is 463 g/mol. The Balaban J connectivity index is 1.55. The number of benzene rings is 1. The molecule has 1 aromatic carbocycles. The van der Waals surface area contributed by atoms with Crippen molar-refractivity contribution in [2.24, 2.45) is 10.9 Å². The van der Waals surface area contributed by atoms with Crippen molar-refractivity contribution in [3.05, 3.63) is 41.2 Å². The molecule has 1 fully saturated rings. The minimum atomic E-state index is -0.679. The maximum absolute atomic E-state index is 11.2. The van der Waals surface area contributed by atoms with Crippen LogP contribution in [0.2, 0.25) is 0 Å². The maximum Gasteiger partial charge on any atom is 0.303 e. The molecule has 3 aliphatic rings. The second-order valence-electron chi connectivity index (χ2n) is 11.5. The first-order chi connectivity index (χ1) is 16.0. The predicted molar refractivity (Wildman–Crippen MR) is 132 cm³/mol. The molecular weight excluding hydrogens is 428 g/mol. The van der Waals surface area contributed by atoms with Crippen LogP contribution < -0.4 is 10.5 Å². The fourth-order valence-corrected chi connectivity index (χ4v) is 6.24. The Hall–Kier alpha value is -2.96. The van der Waals surface area contributed by atoms with Crippen molar-refractivity contribution in [3.8, 4) is 5.88 Å². The van der Waals surface area contributed by atoms with Gasteiger partial charge >= 0.3 is 5.97 Å². The lowest BCUT2D eigenvalue weighted by atomic mass is 9.55. The quantitative estimate of drug-likeness (QED) is 0.638. The highest BCUT2D eigenvalue weighted by molar-refractivity contribution is 6.09. The van der Waals surface area contributed by atoms with Crippen LogP contribution >= 0.6 is 0 Å². The monoisotopic (exact) mass is 462 g/mol. The minimum absolute atomic E-state index is 0.0504. The van der Waals surface area contributed by atoms with Crippen LogP contribution in [0.5, 0.6) is 5.88 Å². The summed E-state index contributed by atoms with van der Waals surface area (Å²) in [6.45, 7) is 8.65. The van der Waals surface area contributed by atoms with Crippen LogP contribution in [0.15, 0.2) is 29.5 Å². The van der Waals surface area contributed by atoms with E-state index in [1.54, 1.807) is 0 Å². The number of ether oxygens (including phenoxy) is 1. The van der Waals surface area contributed by atoms with Gasteiger partial charge in [0.15, 0.2) is 11.5 Å². The molecule has 180 valence electrons. The van der Waals surface area contributed by atoms with E-state index < -0.39 is 11.6 Å². The van der Waals surface area contributed by atoms with Crippen LogP contribution in [0.25, 0.3) is 0 Å². The maximum atomic E-state index is 11.2. The predicted octanol–water partition coefficient (Wildman–Crippen LogP) is 5.32. The Kier molecular flexibility index (Phi) is 5.22. The highest BCUT2D eigenvalue weighted by Gasteiger charge is 2.45. The number of hydrogen-bond donors (Lipinski definition) is 2. The van der Waals surface area contributed by atoms with E-state index in [1.165, 1.54) is 17.5 Å². The van der Waals surface area contributed by atoms with Crippen LogP contribution in [0, 0.1) is 5.92 Å². The van der Waals surface area contributed by atoms with E-state index in [0.717, 1.165) is 49.8 Å². The fraction of sp³-hybridized carbons (Fsp3) is 0.556. The van der Waals surface area contributed by atoms with Gasteiger partial charge in [0.25, 0.3) is 0 Å². The number of nitrogens with two attached hydrogens (primary N) is 1. The summed E-state index contributed by atoms with van der Waals surface area (Å²) in [6.07, 6.45) is 8.04. The number of nitrogens with zero attached hydrogens (tertiary/aromatic N) is 3. The van der Waals surface area contributed by atoms with Crippen molar-refractivity contribution in [3.63, 3.8) is 0 Å². The molecule has 0 unspecified atom stereocenters. The highest BCUT2D eigenvalue weighted by Crippen LogP contribution is 2.54. The van der Waals surface area contributed by atoms with E-state index in [4.69, 9.17) is 15.5 Å². The molecule has 5 rings (SSSR count). The van der Waals surface area contributed by atoms with E-state index in [2.05, 4.69) is 42.0 Å². The molecular formula is C27H34N4O3.